The molecule has 2 rings (SSSR count). The summed E-state index contributed by atoms with van der Waals surface area (Å²) >= 11 is 5.75. The van der Waals surface area contributed by atoms with Crippen LogP contribution in [-0.2, 0) is 0 Å². The molecule has 0 spiro atoms. The monoisotopic (exact) mass is 198 g/mol. The first-order chi connectivity index (χ1) is 6.25. The van der Waals surface area contributed by atoms with Gasteiger partial charge in [-0.25, -0.2) is 9.97 Å². The Labute approximate surface area is 81.7 Å². The van der Waals surface area contributed by atoms with Crippen molar-refractivity contribution in [3.63, 3.8) is 0 Å². The number of halogens is 1. The van der Waals surface area contributed by atoms with Crippen LogP contribution in [0.2, 0.25) is 5.15 Å². The molecular formula is C8H11ClN4. The maximum atomic E-state index is 5.78. The molecule has 1 aliphatic rings. The summed E-state index contributed by atoms with van der Waals surface area (Å²) in [7, 11) is 0. The van der Waals surface area contributed by atoms with Gasteiger partial charge in [-0.15, -0.1) is 0 Å². The van der Waals surface area contributed by atoms with Gasteiger partial charge in [-0.05, 0) is 6.42 Å². The highest BCUT2D eigenvalue weighted by Crippen LogP contribution is 2.18. The van der Waals surface area contributed by atoms with Crippen molar-refractivity contribution in [3.8, 4) is 0 Å². The Bertz CT molecular complexity index is 304. The molecule has 2 N–H and O–H groups in total. The van der Waals surface area contributed by atoms with Gasteiger partial charge in [0.25, 0.3) is 0 Å². The molecule has 0 aromatic carbocycles. The summed E-state index contributed by atoms with van der Waals surface area (Å²) in [6.45, 7) is 1.81. The van der Waals surface area contributed by atoms with Crippen molar-refractivity contribution < 1.29 is 0 Å². The van der Waals surface area contributed by atoms with E-state index in [1.165, 1.54) is 6.33 Å². The van der Waals surface area contributed by atoms with E-state index in [-0.39, 0.29) is 6.04 Å². The lowest BCUT2D eigenvalue weighted by molar-refractivity contribution is 0.751. The van der Waals surface area contributed by atoms with E-state index in [1.54, 1.807) is 6.07 Å². The average molecular weight is 199 g/mol. The Morgan fingerprint density at radius 2 is 2.38 bits per heavy atom. The third-order valence-corrected chi connectivity index (χ3v) is 2.37. The van der Waals surface area contributed by atoms with Crippen LogP contribution in [0.5, 0.6) is 0 Å². The molecule has 13 heavy (non-hydrogen) atoms. The van der Waals surface area contributed by atoms with Crippen LogP contribution in [0.25, 0.3) is 0 Å². The molecule has 1 saturated heterocycles. The fourth-order valence-corrected chi connectivity index (χ4v) is 1.63. The lowest BCUT2D eigenvalue weighted by atomic mass is 10.3. The zero-order valence-corrected chi connectivity index (χ0v) is 7.91. The quantitative estimate of drug-likeness (QED) is 0.674. The van der Waals surface area contributed by atoms with Gasteiger partial charge < -0.3 is 10.6 Å². The van der Waals surface area contributed by atoms with Gasteiger partial charge in [0.15, 0.2) is 0 Å². The van der Waals surface area contributed by atoms with E-state index in [4.69, 9.17) is 17.3 Å². The summed E-state index contributed by atoms with van der Waals surface area (Å²) < 4.78 is 0. The molecule has 1 aliphatic heterocycles. The Kier molecular flexibility index (Phi) is 2.33. The Balaban J connectivity index is 2.16. The highest BCUT2D eigenvalue weighted by molar-refractivity contribution is 6.29. The first-order valence-electron chi connectivity index (χ1n) is 4.24. The van der Waals surface area contributed by atoms with Gasteiger partial charge in [-0.2, -0.15) is 0 Å². The molecule has 0 saturated carbocycles. The van der Waals surface area contributed by atoms with E-state index >= 15 is 0 Å². The van der Waals surface area contributed by atoms with E-state index in [2.05, 4.69) is 14.9 Å². The van der Waals surface area contributed by atoms with E-state index in [1.807, 2.05) is 0 Å². The topological polar surface area (TPSA) is 55.0 Å². The predicted octanol–water partition coefficient (Wildman–Crippen LogP) is 0.667. The maximum absolute atomic E-state index is 5.78. The standard InChI is InChI=1S/C8H11ClN4/c9-7-3-8(12-5-11-7)13-2-1-6(10)4-13/h3,5-6H,1-2,4,10H2/t6-/m0/s1. The lowest BCUT2D eigenvalue weighted by Crippen LogP contribution is -2.26. The molecule has 0 radical (unpaired) electrons. The molecule has 0 bridgehead atoms. The minimum absolute atomic E-state index is 0.258. The van der Waals surface area contributed by atoms with Crippen molar-refractivity contribution in [1.82, 2.24) is 9.97 Å². The van der Waals surface area contributed by atoms with Crippen LogP contribution in [-0.4, -0.2) is 29.1 Å². The summed E-state index contributed by atoms with van der Waals surface area (Å²) in [5, 5.41) is 0.477. The first-order valence-corrected chi connectivity index (χ1v) is 4.61. The Hall–Kier alpha value is -0.870. The minimum Gasteiger partial charge on any atom is -0.355 e. The third kappa shape index (κ3) is 1.89. The normalized spacial score (nSPS) is 22.3. The van der Waals surface area contributed by atoms with Crippen molar-refractivity contribution in [2.45, 2.75) is 12.5 Å². The van der Waals surface area contributed by atoms with Crippen molar-refractivity contribution >= 4 is 17.4 Å². The molecule has 0 unspecified atom stereocenters. The highest BCUT2D eigenvalue weighted by Gasteiger charge is 2.20. The number of nitrogens with two attached hydrogens (primary N) is 1. The number of rotatable bonds is 1. The first kappa shape index (κ1) is 8.72. The maximum Gasteiger partial charge on any atom is 0.134 e. The van der Waals surface area contributed by atoms with Crippen LogP contribution in [0.3, 0.4) is 0 Å². The van der Waals surface area contributed by atoms with Gasteiger partial charge in [-0.3, -0.25) is 0 Å². The van der Waals surface area contributed by atoms with Crippen LogP contribution < -0.4 is 10.6 Å². The van der Waals surface area contributed by atoms with Crippen molar-refractivity contribution in [2.75, 3.05) is 18.0 Å². The summed E-state index contributed by atoms with van der Waals surface area (Å²) in [4.78, 5) is 10.1. The molecule has 1 fully saturated rings. The molecular weight excluding hydrogens is 188 g/mol. The van der Waals surface area contributed by atoms with Gasteiger partial charge in [-0.1, -0.05) is 11.6 Å². The summed E-state index contributed by atoms with van der Waals surface area (Å²) in [6, 6.07) is 2.02. The number of hydrogen-bond acceptors (Lipinski definition) is 4. The van der Waals surface area contributed by atoms with E-state index in [0.29, 0.717) is 5.15 Å². The van der Waals surface area contributed by atoms with Crippen LogP contribution in [0.15, 0.2) is 12.4 Å². The molecule has 70 valence electrons. The fourth-order valence-electron chi connectivity index (χ4n) is 1.49. The average Bonchev–Trinajstić information content (AvgIpc) is 2.52. The second-order valence-corrected chi connectivity index (χ2v) is 3.58. The summed E-state index contributed by atoms with van der Waals surface area (Å²) in [5.74, 6) is 0.868. The lowest BCUT2D eigenvalue weighted by Gasteiger charge is -2.15. The third-order valence-electron chi connectivity index (χ3n) is 2.17. The predicted molar refractivity (Wildman–Crippen MR) is 51.8 cm³/mol. The SMILES string of the molecule is N[C@H]1CCN(c2cc(Cl)ncn2)C1. The molecule has 1 atom stereocenters. The van der Waals surface area contributed by atoms with Crippen molar-refractivity contribution in [3.05, 3.63) is 17.5 Å². The Morgan fingerprint density at radius 3 is 3.00 bits per heavy atom. The minimum atomic E-state index is 0.258. The summed E-state index contributed by atoms with van der Waals surface area (Å²) in [6.07, 6.45) is 2.49. The zero-order chi connectivity index (χ0) is 9.26. The van der Waals surface area contributed by atoms with Gasteiger partial charge in [0.1, 0.15) is 17.3 Å². The van der Waals surface area contributed by atoms with Crippen LogP contribution in [0.1, 0.15) is 6.42 Å². The molecule has 0 amide bonds. The van der Waals surface area contributed by atoms with Gasteiger partial charge in [0.2, 0.25) is 0 Å². The van der Waals surface area contributed by atoms with E-state index < -0.39 is 0 Å². The van der Waals surface area contributed by atoms with Crippen molar-refractivity contribution in [1.29, 1.82) is 0 Å². The molecule has 2 heterocycles. The number of hydrogen-bond donors (Lipinski definition) is 1. The second kappa shape index (κ2) is 3.47. The number of anilines is 1. The smallest absolute Gasteiger partial charge is 0.134 e. The zero-order valence-electron chi connectivity index (χ0n) is 7.15. The van der Waals surface area contributed by atoms with Crippen LogP contribution in [0.4, 0.5) is 5.82 Å². The van der Waals surface area contributed by atoms with Crippen molar-refractivity contribution in [2.24, 2.45) is 5.73 Å². The number of nitrogens with zero attached hydrogens (tertiary/aromatic N) is 3. The molecule has 0 aliphatic carbocycles. The van der Waals surface area contributed by atoms with Gasteiger partial charge in [0.05, 0.1) is 0 Å². The van der Waals surface area contributed by atoms with Gasteiger partial charge in [0, 0.05) is 25.2 Å². The summed E-state index contributed by atoms with van der Waals surface area (Å²) in [5.41, 5.74) is 5.78. The van der Waals surface area contributed by atoms with Crippen LogP contribution in [0, 0.1) is 0 Å². The molecule has 1 aromatic rings. The molecule has 1 aromatic heterocycles. The second-order valence-electron chi connectivity index (χ2n) is 3.19. The molecule has 5 heteroatoms. The number of aromatic nitrogens is 2. The van der Waals surface area contributed by atoms with E-state index in [0.717, 1.165) is 25.3 Å². The molecule has 4 nitrogen and oxygen atoms in total. The van der Waals surface area contributed by atoms with Crippen LogP contribution >= 0.6 is 11.6 Å². The fraction of sp³-hybridized carbons (Fsp3) is 0.500. The highest BCUT2D eigenvalue weighted by atomic mass is 35.5. The Morgan fingerprint density at radius 1 is 1.54 bits per heavy atom. The largest absolute Gasteiger partial charge is 0.355 e. The van der Waals surface area contributed by atoms with Gasteiger partial charge >= 0.3 is 0 Å². The van der Waals surface area contributed by atoms with E-state index in [9.17, 15) is 0 Å².